The predicted octanol–water partition coefficient (Wildman–Crippen LogP) is 4.41. The number of nitrogens with zero attached hydrogens (tertiary/aromatic N) is 2. The molecule has 7 nitrogen and oxygen atoms in total. The molecule has 34 heavy (non-hydrogen) atoms. The first-order chi connectivity index (χ1) is 16.6. The maximum atomic E-state index is 13.6. The van der Waals surface area contributed by atoms with Crippen molar-refractivity contribution in [3.8, 4) is 11.5 Å². The van der Waals surface area contributed by atoms with Crippen LogP contribution in [-0.4, -0.2) is 55.0 Å². The molecule has 3 heterocycles. The van der Waals surface area contributed by atoms with Gasteiger partial charge in [0, 0.05) is 18.0 Å². The molecular weight excluding hydrogens is 452 g/mol. The molecule has 2 aromatic heterocycles. The minimum atomic E-state index is -0.236. The second-order valence-corrected chi connectivity index (χ2v) is 9.72. The van der Waals surface area contributed by atoms with E-state index in [0.29, 0.717) is 37.1 Å². The topological polar surface area (TPSA) is 72.2 Å². The van der Waals surface area contributed by atoms with Crippen molar-refractivity contribution in [1.82, 2.24) is 9.80 Å². The van der Waals surface area contributed by atoms with Gasteiger partial charge < -0.3 is 23.7 Å². The third kappa shape index (κ3) is 4.82. The Labute approximate surface area is 202 Å². The van der Waals surface area contributed by atoms with Gasteiger partial charge in [-0.2, -0.15) is 0 Å². The first-order valence-corrected chi connectivity index (χ1v) is 12.5. The first kappa shape index (κ1) is 22.5. The number of furan rings is 1. The Morgan fingerprint density at radius 3 is 2.71 bits per heavy atom. The van der Waals surface area contributed by atoms with Crippen LogP contribution in [0.25, 0.3) is 0 Å². The zero-order valence-corrected chi connectivity index (χ0v) is 20.0. The summed E-state index contributed by atoms with van der Waals surface area (Å²) in [5.74, 6) is 1.71. The zero-order chi connectivity index (χ0) is 23.5. The van der Waals surface area contributed by atoms with Crippen LogP contribution in [0.1, 0.15) is 39.9 Å². The highest BCUT2D eigenvalue weighted by Crippen LogP contribution is 2.36. The Morgan fingerprint density at radius 2 is 1.97 bits per heavy atom. The van der Waals surface area contributed by atoms with Crippen LogP contribution in [0.15, 0.2) is 58.5 Å². The molecule has 1 atom stereocenters. The predicted molar refractivity (Wildman–Crippen MR) is 128 cm³/mol. The van der Waals surface area contributed by atoms with E-state index in [4.69, 9.17) is 13.9 Å². The minimum absolute atomic E-state index is 0.0284. The van der Waals surface area contributed by atoms with E-state index >= 15 is 0 Å². The summed E-state index contributed by atoms with van der Waals surface area (Å²) in [5, 5.41) is 2.06. The number of carbonyl (C=O) groups is 2. The van der Waals surface area contributed by atoms with Gasteiger partial charge >= 0.3 is 0 Å². The zero-order valence-electron chi connectivity index (χ0n) is 19.1. The molecule has 2 aliphatic rings. The van der Waals surface area contributed by atoms with Crippen LogP contribution in [0.4, 0.5) is 0 Å². The fraction of sp³-hybridized carbons (Fsp3) is 0.385. The second kappa shape index (κ2) is 9.93. The number of hydrogen-bond donors (Lipinski definition) is 0. The number of ether oxygens (including phenoxy) is 2. The van der Waals surface area contributed by atoms with Gasteiger partial charge in [0.15, 0.2) is 17.3 Å². The van der Waals surface area contributed by atoms with Crippen molar-refractivity contribution in [2.45, 2.75) is 25.3 Å². The normalized spacial score (nSPS) is 17.2. The number of carbonyl (C=O) groups excluding carboxylic acids is 2. The van der Waals surface area contributed by atoms with Crippen molar-refractivity contribution in [1.29, 1.82) is 0 Å². The highest BCUT2D eigenvalue weighted by Gasteiger charge is 2.35. The third-order valence-electron chi connectivity index (χ3n) is 6.40. The molecular formula is C26H28N2O5S. The van der Waals surface area contributed by atoms with Crippen molar-refractivity contribution in [2.24, 2.45) is 5.92 Å². The van der Waals surface area contributed by atoms with Crippen molar-refractivity contribution in [3.05, 3.63) is 70.3 Å². The average molecular weight is 481 g/mol. The summed E-state index contributed by atoms with van der Waals surface area (Å²) in [4.78, 5) is 31.4. The van der Waals surface area contributed by atoms with Crippen molar-refractivity contribution in [3.63, 3.8) is 0 Å². The van der Waals surface area contributed by atoms with Gasteiger partial charge in [0.2, 0.25) is 5.91 Å². The van der Waals surface area contributed by atoms with E-state index in [1.807, 2.05) is 29.2 Å². The van der Waals surface area contributed by atoms with Gasteiger partial charge in [-0.3, -0.25) is 9.59 Å². The fourth-order valence-electron chi connectivity index (χ4n) is 4.42. The molecule has 3 aromatic rings. The Morgan fingerprint density at radius 1 is 1.15 bits per heavy atom. The molecule has 1 saturated carbocycles. The molecule has 0 saturated heterocycles. The molecule has 1 aliphatic carbocycles. The molecule has 1 aliphatic heterocycles. The van der Waals surface area contributed by atoms with Gasteiger partial charge in [-0.25, -0.2) is 0 Å². The molecule has 1 unspecified atom stereocenters. The highest BCUT2D eigenvalue weighted by molar-refractivity contribution is 7.10. The summed E-state index contributed by atoms with van der Waals surface area (Å²) >= 11 is 1.71. The monoisotopic (exact) mass is 480 g/mol. The van der Waals surface area contributed by atoms with Crippen LogP contribution in [0.2, 0.25) is 0 Å². The summed E-state index contributed by atoms with van der Waals surface area (Å²) in [6.07, 6.45) is 4.47. The summed E-state index contributed by atoms with van der Waals surface area (Å²) < 4.78 is 16.9. The van der Waals surface area contributed by atoms with Gasteiger partial charge in [0.05, 0.1) is 19.4 Å². The molecule has 1 aromatic carbocycles. The molecule has 5 rings (SSSR count). The minimum Gasteiger partial charge on any atom is -0.493 e. The van der Waals surface area contributed by atoms with E-state index in [9.17, 15) is 9.59 Å². The summed E-state index contributed by atoms with van der Waals surface area (Å²) in [6, 6.07) is 12.7. The number of rotatable bonds is 9. The van der Waals surface area contributed by atoms with Gasteiger partial charge in [0.25, 0.3) is 5.91 Å². The maximum absolute atomic E-state index is 13.6. The summed E-state index contributed by atoms with van der Waals surface area (Å²) in [6.45, 7) is 1.51. The van der Waals surface area contributed by atoms with E-state index in [-0.39, 0.29) is 30.2 Å². The molecule has 2 amide bonds. The Balaban J connectivity index is 1.34. The van der Waals surface area contributed by atoms with Crippen molar-refractivity contribution in [2.75, 3.05) is 33.4 Å². The van der Waals surface area contributed by atoms with Gasteiger partial charge in [-0.05, 0) is 66.5 Å². The largest absolute Gasteiger partial charge is 0.493 e. The Bertz CT molecular complexity index is 1140. The number of thiophene rings is 1. The van der Waals surface area contributed by atoms with Crippen LogP contribution in [0.5, 0.6) is 11.5 Å². The number of hydrogen-bond acceptors (Lipinski definition) is 6. The maximum Gasteiger partial charge on any atom is 0.290 e. The fourth-order valence-corrected chi connectivity index (χ4v) is 5.35. The lowest BCUT2D eigenvalue weighted by Crippen LogP contribution is -2.48. The quantitative estimate of drug-likeness (QED) is 0.454. The SMILES string of the molecule is COc1ccccc1OCC1c2ccsc2CCN1C(=O)CN(CC1CC1)C(=O)c1ccco1. The Kier molecular flexibility index (Phi) is 6.58. The molecule has 0 N–H and O–H groups in total. The van der Waals surface area contributed by atoms with Crippen LogP contribution in [0, 0.1) is 5.92 Å². The molecule has 178 valence electrons. The highest BCUT2D eigenvalue weighted by atomic mass is 32.1. The van der Waals surface area contributed by atoms with Crippen LogP contribution < -0.4 is 9.47 Å². The molecule has 0 bridgehead atoms. The lowest BCUT2D eigenvalue weighted by Gasteiger charge is -2.37. The van der Waals surface area contributed by atoms with Gasteiger partial charge in [-0.1, -0.05) is 12.1 Å². The average Bonchev–Trinajstić information content (AvgIpc) is 3.30. The molecule has 8 heteroatoms. The smallest absolute Gasteiger partial charge is 0.290 e. The number of benzene rings is 1. The van der Waals surface area contributed by atoms with E-state index in [2.05, 4.69) is 11.4 Å². The van der Waals surface area contributed by atoms with Crippen LogP contribution in [-0.2, 0) is 11.2 Å². The van der Waals surface area contributed by atoms with Crippen molar-refractivity contribution >= 4 is 23.2 Å². The van der Waals surface area contributed by atoms with Crippen LogP contribution >= 0.6 is 11.3 Å². The van der Waals surface area contributed by atoms with E-state index in [1.54, 1.807) is 35.5 Å². The molecule has 0 radical (unpaired) electrons. The van der Waals surface area contributed by atoms with E-state index in [1.165, 1.54) is 11.1 Å². The van der Waals surface area contributed by atoms with E-state index in [0.717, 1.165) is 24.8 Å². The lowest BCUT2D eigenvalue weighted by atomic mass is 10.0. The van der Waals surface area contributed by atoms with Crippen LogP contribution in [0.3, 0.4) is 0 Å². The first-order valence-electron chi connectivity index (χ1n) is 11.6. The van der Waals surface area contributed by atoms with Gasteiger partial charge in [0.1, 0.15) is 13.2 Å². The van der Waals surface area contributed by atoms with Crippen molar-refractivity contribution < 1.29 is 23.5 Å². The number of fused-ring (bicyclic) bond motifs is 1. The summed E-state index contributed by atoms with van der Waals surface area (Å²) in [7, 11) is 1.61. The number of para-hydroxylation sites is 2. The second-order valence-electron chi connectivity index (χ2n) is 8.72. The molecule has 0 spiro atoms. The van der Waals surface area contributed by atoms with E-state index < -0.39 is 0 Å². The lowest BCUT2D eigenvalue weighted by molar-refractivity contribution is -0.135. The number of amides is 2. The third-order valence-corrected chi connectivity index (χ3v) is 7.40. The standard InChI is InChI=1S/C26H28N2O5S/c1-31-21-5-2-3-6-22(21)33-17-20-19-11-14-34-24(19)10-12-28(20)25(29)16-27(15-18-8-9-18)26(30)23-7-4-13-32-23/h2-7,11,13-14,18,20H,8-10,12,15-17H2,1H3. The molecule has 1 fully saturated rings. The summed E-state index contributed by atoms with van der Waals surface area (Å²) in [5.41, 5.74) is 1.12. The Hall–Kier alpha value is -3.26. The van der Waals surface area contributed by atoms with Gasteiger partial charge in [-0.15, -0.1) is 11.3 Å². The number of methoxy groups -OCH3 is 1.